The number of carbonyl (C=O) groups excluding carboxylic acids is 1. The number of nitrogens with one attached hydrogen (secondary N) is 1. The number of carboxylic acids is 1. The Labute approximate surface area is 102 Å². The number of aliphatic carboxylic acids is 1. The molecule has 0 aromatic rings. The fourth-order valence-electron chi connectivity index (χ4n) is 2.46. The highest BCUT2D eigenvalue weighted by atomic mass is 16.4. The van der Waals surface area contributed by atoms with Gasteiger partial charge in [0.1, 0.15) is 5.54 Å². The van der Waals surface area contributed by atoms with Gasteiger partial charge in [0.05, 0.1) is 0 Å². The van der Waals surface area contributed by atoms with Crippen LogP contribution < -0.4 is 5.32 Å². The fraction of sp³-hybridized carbons (Fsp3) is 0.833. The highest BCUT2D eigenvalue weighted by Gasteiger charge is 2.40. The molecule has 0 radical (unpaired) electrons. The maximum absolute atomic E-state index is 11.4. The maximum Gasteiger partial charge on any atom is 0.329 e. The Morgan fingerprint density at radius 2 is 2.06 bits per heavy atom. The third-order valence-electron chi connectivity index (χ3n) is 3.30. The van der Waals surface area contributed by atoms with Gasteiger partial charge >= 0.3 is 5.97 Å². The molecule has 1 amide bonds. The van der Waals surface area contributed by atoms with Gasteiger partial charge in [0.15, 0.2) is 0 Å². The van der Waals surface area contributed by atoms with E-state index in [4.69, 9.17) is 0 Å². The number of likely N-dealkylation sites (tertiary alicyclic amines) is 1. The fourth-order valence-corrected chi connectivity index (χ4v) is 2.46. The van der Waals surface area contributed by atoms with Crippen LogP contribution in [0, 0.1) is 0 Å². The number of carbonyl (C=O) groups is 2. The molecule has 1 unspecified atom stereocenters. The highest BCUT2D eigenvalue weighted by Crippen LogP contribution is 2.23. The van der Waals surface area contributed by atoms with Crippen molar-refractivity contribution in [2.45, 2.75) is 45.1 Å². The van der Waals surface area contributed by atoms with Crippen LogP contribution >= 0.6 is 0 Å². The van der Waals surface area contributed by atoms with Crippen molar-refractivity contribution >= 4 is 11.9 Å². The van der Waals surface area contributed by atoms with Gasteiger partial charge in [-0.2, -0.15) is 0 Å². The van der Waals surface area contributed by atoms with Crippen LogP contribution in [0.5, 0.6) is 0 Å². The first-order chi connectivity index (χ1) is 8.00. The van der Waals surface area contributed by atoms with Crippen molar-refractivity contribution in [3.05, 3.63) is 0 Å². The second-order valence-corrected chi connectivity index (χ2v) is 4.76. The van der Waals surface area contributed by atoms with Crippen LogP contribution in [-0.2, 0) is 9.59 Å². The van der Waals surface area contributed by atoms with Gasteiger partial charge in [0.2, 0.25) is 5.91 Å². The molecule has 5 heteroatoms. The summed E-state index contributed by atoms with van der Waals surface area (Å²) >= 11 is 0. The number of carboxylic acid groups (broad SMARTS) is 1. The van der Waals surface area contributed by atoms with Crippen molar-refractivity contribution in [1.29, 1.82) is 0 Å². The van der Waals surface area contributed by atoms with Crippen LogP contribution in [0.25, 0.3) is 0 Å². The van der Waals surface area contributed by atoms with Gasteiger partial charge in [-0.15, -0.1) is 0 Å². The van der Waals surface area contributed by atoms with Crippen molar-refractivity contribution < 1.29 is 14.7 Å². The molecule has 1 aliphatic heterocycles. The monoisotopic (exact) mass is 242 g/mol. The minimum absolute atomic E-state index is 0.267. The molecule has 1 atom stereocenters. The Kier molecular flexibility index (Phi) is 4.93. The van der Waals surface area contributed by atoms with Crippen molar-refractivity contribution in [2.24, 2.45) is 0 Å². The Morgan fingerprint density at radius 1 is 1.35 bits per heavy atom. The summed E-state index contributed by atoms with van der Waals surface area (Å²) in [6.45, 7) is 6.14. The molecule has 0 spiro atoms. The van der Waals surface area contributed by atoms with Crippen molar-refractivity contribution in [3.63, 3.8) is 0 Å². The minimum atomic E-state index is -1.06. The first-order valence-corrected chi connectivity index (χ1v) is 6.24. The lowest BCUT2D eigenvalue weighted by Crippen LogP contribution is -2.54. The molecule has 0 bridgehead atoms. The first kappa shape index (κ1) is 14.0. The van der Waals surface area contributed by atoms with Crippen LogP contribution in [0.1, 0.15) is 39.5 Å². The molecule has 1 rings (SSSR count). The summed E-state index contributed by atoms with van der Waals surface area (Å²) in [6, 6.07) is 0. The Bertz CT molecular complexity index is 293. The molecule has 5 nitrogen and oxygen atoms in total. The second kappa shape index (κ2) is 6.00. The predicted octanol–water partition coefficient (Wildman–Crippen LogP) is 0.842. The van der Waals surface area contributed by atoms with Gasteiger partial charge in [-0.3, -0.25) is 4.79 Å². The quantitative estimate of drug-likeness (QED) is 0.766. The van der Waals surface area contributed by atoms with E-state index in [-0.39, 0.29) is 5.91 Å². The third kappa shape index (κ3) is 3.70. The van der Waals surface area contributed by atoms with E-state index >= 15 is 0 Å². The van der Waals surface area contributed by atoms with Gasteiger partial charge in [-0.1, -0.05) is 6.92 Å². The predicted molar refractivity (Wildman–Crippen MR) is 64.8 cm³/mol. The molecular formula is C12H22N2O3. The first-order valence-electron chi connectivity index (χ1n) is 6.24. The van der Waals surface area contributed by atoms with E-state index in [1.807, 2.05) is 0 Å². The second-order valence-electron chi connectivity index (χ2n) is 4.76. The summed E-state index contributed by atoms with van der Waals surface area (Å²) in [7, 11) is 0. The van der Waals surface area contributed by atoms with Crippen LogP contribution in [0.4, 0.5) is 0 Å². The zero-order chi connectivity index (χ0) is 12.9. The van der Waals surface area contributed by atoms with Gasteiger partial charge in [0.25, 0.3) is 0 Å². The summed E-state index contributed by atoms with van der Waals surface area (Å²) in [5.74, 6) is -1.18. The Balaban J connectivity index is 2.72. The number of amides is 1. The van der Waals surface area contributed by atoms with Crippen molar-refractivity contribution in [3.8, 4) is 0 Å². The number of nitrogens with zero attached hydrogens (tertiary/aromatic N) is 1. The summed E-state index contributed by atoms with van der Waals surface area (Å²) in [5.41, 5.74) is -1.06. The molecule has 1 fully saturated rings. The van der Waals surface area contributed by atoms with Gasteiger partial charge in [-0.05, 0) is 38.8 Å². The number of hydrogen-bond acceptors (Lipinski definition) is 3. The van der Waals surface area contributed by atoms with Gasteiger partial charge < -0.3 is 15.3 Å². The zero-order valence-electron chi connectivity index (χ0n) is 10.7. The van der Waals surface area contributed by atoms with Gasteiger partial charge in [0, 0.05) is 13.5 Å². The average molecular weight is 242 g/mol. The summed E-state index contributed by atoms with van der Waals surface area (Å²) in [6.07, 6.45) is 2.89. The van der Waals surface area contributed by atoms with Gasteiger partial charge in [-0.25, -0.2) is 4.79 Å². The number of hydrogen-bond donors (Lipinski definition) is 2. The van der Waals surface area contributed by atoms with E-state index in [1.165, 1.54) is 6.92 Å². The topological polar surface area (TPSA) is 69.6 Å². The summed E-state index contributed by atoms with van der Waals surface area (Å²) in [5, 5.41) is 12.0. The van der Waals surface area contributed by atoms with E-state index in [0.29, 0.717) is 12.8 Å². The van der Waals surface area contributed by atoms with E-state index in [9.17, 15) is 14.7 Å². The van der Waals surface area contributed by atoms with Crippen molar-refractivity contribution in [2.75, 3.05) is 19.6 Å². The smallest absolute Gasteiger partial charge is 0.329 e. The number of rotatable bonds is 4. The molecule has 1 heterocycles. The molecule has 0 aromatic heterocycles. The SMILES string of the molecule is CCCN1CCCC(NC(C)=O)(C(=O)O)CC1. The zero-order valence-corrected chi connectivity index (χ0v) is 10.7. The van der Waals surface area contributed by atoms with Crippen LogP contribution in [0.15, 0.2) is 0 Å². The Morgan fingerprint density at radius 3 is 2.59 bits per heavy atom. The molecule has 98 valence electrons. The average Bonchev–Trinajstić information content (AvgIpc) is 2.42. The van der Waals surface area contributed by atoms with Crippen LogP contribution in [-0.4, -0.2) is 47.1 Å². The van der Waals surface area contributed by atoms with Crippen LogP contribution in [0.2, 0.25) is 0 Å². The third-order valence-corrected chi connectivity index (χ3v) is 3.30. The molecule has 0 saturated carbocycles. The lowest BCUT2D eigenvalue weighted by molar-refractivity contribution is -0.148. The van der Waals surface area contributed by atoms with E-state index in [2.05, 4.69) is 17.1 Å². The van der Waals surface area contributed by atoms with Crippen LogP contribution in [0.3, 0.4) is 0 Å². The summed E-state index contributed by atoms with van der Waals surface area (Å²) < 4.78 is 0. The molecule has 0 aliphatic carbocycles. The molecule has 1 saturated heterocycles. The highest BCUT2D eigenvalue weighted by molar-refractivity contribution is 5.86. The van der Waals surface area contributed by atoms with E-state index < -0.39 is 11.5 Å². The largest absolute Gasteiger partial charge is 0.480 e. The Hall–Kier alpha value is -1.10. The summed E-state index contributed by atoms with van der Waals surface area (Å²) in [4.78, 5) is 24.8. The lowest BCUT2D eigenvalue weighted by Gasteiger charge is -2.28. The molecule has 1 aliphatic rings. The normalized spacial score (nSPS) is 26.2. The molecule has 2 N–H and O–H groups in total. The lowest BCUT2D eigenvalue weighted by atomic mass is 9.90. The molecular weight excluding hydrogens is 220 g/mol. The standard InChI is InChI=1S/C12H22N2O3/c1-3-7-14-8-4-5-12(6-9-14,11(16)17)13-10(2)15/h3-9H2,1-2H3,(H,13,15)(H,16,17). The van der Waals surface area contributed by atoms with E-state index in [1.54, 1.807) is 0 Å². The minimum Gasteiger partial charge on any atom is -0.480 e. The van der Waals surface area contributed by atoms with E-state index in [0.717, 1.165) is 32.5 Å². The van der Waals surface area contributed by atoms with Crippen molar-refractivity contribution in [1.82, 2.24) is 10.2 Å². The maximum atomic E-state index is 11.4. The molecule has 17 heavy (non-hydrogen) atoms. The molecule has 0 aromatic carbocycles.